The Hall–Kier alpha value is -1.82. The monoisotopic (exact) mass is 250 g/mol. The van der Waals surface area contributed by atoms with E-state index in [-0.39, 0.29) is 5.41 Å². The summed E-state index contributed by atoms with van der Waals surface area (Å²) in [5.74, 6) is 0. The van der Waals surface area contributed by atoms with Crippen molar-refractivity contribution in [1.82, 2.24) is 0 Å². The Morgan fingerprint density at radius 2 is 1.47 bits per heavy atom. The maximum Gasteiger partial charge on any atom is 0.00111 e. The molecule has 3 rings (SSSR count). The van der Waals surface area contributed by atoms with Crippen LogP contribution in [0, 0.1) is 5.41 Å². The first-order valence-electron chi connectivity index (χ1n) is 7.06. The Morgan fingerprint density at radius 1 is 0.789 bits per heavy atom. The standard InChI is InChI=1S/C17H16.C2H6/c1-17(2)11-9-14-8-7-13-5-3-4-6-15(13)16(14)10-12-17;1-2/h3-12H,1-2H3;1-2H3. The van der Waals surface area contributed by atoms with Crippen molar-refractivity contribution in [1.29, 1.82) is 0 Å². The molecule has 0 nitrogen and oxygen atoms in total. The minimum atomic E-state index is 0.139. The van der Waals surface area contributed by atoms with E-state index in [9.17, 15) is 0 Å². The lowest BCUT2D eigenvalue weighted by molar-refractivity contribution is 0.633. The van der Waals surface area contributed by atoms with Gasteiger partial charge in [0.05, 0.1) is 0 Å². The van der Waals surface area contributed by atoms with Crippen molar-refractivity contribution in [2.24, 2.45) is 5.41 Å². The van der Waals surface area contributed by atoms with E-state index in [1.165, 1.54) is 21.9 Å². The van der Waals surface area contributed by atoms with Crippen molar-refractivity contribution in [2.45, 2.75) is 27.7 Å². The molecule has 0 bridgehead atoms. The quantitative estimate of drug-likeness (QED) is 0.543. The summed E-state index contributed by atoms with van der Waals surface area (Å²) in [6.07, 6.45) is 9.05. The second-order valence-electron chi connectivity index (χ2n) is 5.28. The molecule has 0 saturated carbocycles. The number of fused-ring (bicyclic) bond motifs is 3. The van der Waals surface area contributed by atoms with Crippen LogP contribution in [0.25, 0.3) is 22.9 Å². The van der Waals surface area contributed by atoms with E-state index >= 15 is 0 Å². The third-order valence-electron chi connectivity index (χ3n) is 3.38. The average Bonchev–Trinajstić information content (AvgIpc) is 2.60. The summed E-state index contributed by atoms with van der Waals surface area (Å²) >= 11 is 0. The Labute approximate surface area is 116 Å². The topological polar surface area (TPSA) is 0 Å². The van der Waals surface area contributed by atoms with Crippen molar-refractivity contribution < 1.29 is 0 Å². The summed E-state index contributed by atoms with van der Waals surface area (Å²) in [7, 11) is 0. The number of allylic oxidation sites excluding steroid dienone is 2. The second-order valence-corrected chi connectivity index (χ2v) is 5.28. The maximum absolute atomic E-state index is 2.28. The zero-order valence-corrected chi connectivity index (χ0v) is 12.3. The molecule has 0 unspecified atom stereocenters. The van der Waals surface area contributed by atoms with Gasteiger partial charge in [-0.25, -0.2) is 0 Å². The molecular formula is C19H22. The van der Waals surface area contributed by atoms with E-state index in [1.807, 2.05) is 13.8 Å². The van der Waals surface area contributed by atoms with Crippen LogP contribution in [0.5, 0.6) is 0 Å². The molecule has 98 valence electrons. The molecule has 0 amide bonds. The molecule has 0 spiro atoms. The molecule has 19 heavy (non-hydrogen) atoms. The summed E-state index contributed by atoms with van der Waals surface area (Å²) in [5.41, 5.74) is 2.79. The Kier molecular flexibility index (Phi) is 3.90. The first kappa shape index (κ1) is 13.6. The summed E-state index contributed by atoms with van der Waals surface area (Å²) < 4.78 is 0. The van der Waals surface area contributed by atoms with Gasteiger partial charge < -0.3 is 0 Å². The molecule has 0 N–H and O–H groups in total. The van der Waals surface area contributed by atoms with E-state index in [0.717, 1.165) is 0 Å². The van der Waals surface area contributed by atoms with Crippen molar-refractivity contribution in [3.05, 3.63) is 59.7 Å². The highest BCUT2D eigenvalue weighted by molar-refractivity contribution is 5.94. The highest BCUT2D eigenvalue weighted by Gasteiger charge is 2.13. The zero-order valence-electron chi connectivity index (χ0n) is 12.3. The van der Waals surface area contributed by atoms with Crippen LogP contribution in [0.3, 0.4) is 0 Å². The average molecular weight is 250 g/mol. The van der Waals surface area contributed by atoms with E-state index in [1.54, 1.807) is 0 Å². The summed E-state index contributed by atoms with van der Waals surface area (Å²) in [6.45, 7) is 8.46. The largest absolute Gasteiger partial charge is 0.0745 e. The first-order chi connectivity index (χ1) is 9.16. The molecule has 0 heteroatoms. The first-order valence-corrected chi connectivity index (χ1v) is 7.06. The predicted octanol–water partition coefficient (Wildman–Crippen LogP) is 5.93. The van der Waals surface area contributed by atoms with Gasteiger partial charge in [0.1, 0.15) is 0 Å². The normalized spacial score (nSPS) is 15.4. The number of benzene rings is 2. The van der Waals surface area contributed by atoms with Crippen LogP contribution < -0.4 is 0 Å². The van der Waals surface area contributed by atoms with Gasteiger partial charge in [0, 0.05) is 5.41 Å². The van der Waals surface area contributed by atoms with Gasteiger partial charge in [0.25, 0.3) is 0 Å². The molecule has 0 atom stereocenters. The van der Waals surface area contributed by atoms with Crippen LogP contribution in [-0.4, -0.2) is 0 Å². The fraction of sp³-hybridized carbons (Fsp3) is 0.263. The molecule has 1 aliphatic rings. The minimum Gasteiger partial charge on any atom is -0.0745 e. The van der Waals surface area contributed by atoms with Crippen LogP contribution >= 0.6 is 0 Å². The van der Waals surface area contributed by atoms with Gasteiger partial charge in [-0.2, -0.15) is 0 Å². The van der Waals surface area contributed by atoms with Gasteiger partial charge in [-0.3, -0.25) is 0 Å². The predicted molar refractivity (Wildman–Crippen MR) is 87.1 cm³/mol. The molecule has 0 aliphatic heterocycles. The Balaban J connectivity index is 0.000000637. The van der Waals surface area contributed by atoms with E-state index in [4.69, 9.17) is 0 Å². The Bertz CT molecular complexity index is 628. The van der Waals surface area contributed by atoms with Crippen molar-refractivity contribution in [3.8, 4) is 0 Å². The number of hydrogen-bond acceptors (Lipinski definition) is 0. The van der Waals surface area contributed by atoms with E-state index in [2.05, 4.69) is 74.5 Å². The molecule has 0 fully saturated rings. The van der Waals surface area contributed by atoms with E-state index < -0.39 is 0 Å². The van der Waals surface area contributed by atoms with Crippen LogP contribution in [-0.2, 0) is 0 Å². The lowest BCUT2D eigenvalue weighted by atomic mass is 9.93. The molecule has 1 aliphatic carbocycles. The highest BCUT2D eigenvalue weighted by Crippen LogP contribution is 2.31. The van der Waals surface area contributed by atoms with Gasteiger partial charge in [-0.15, -0.1) is 0 Å². The third-order valence-corrected chi connectivity index (χ3v) is 3.38. The van der Waals surface area contributed by atoms with Gasteiger partial charge in [-0.05, 0) is 21.9 Å². The van der Waals surface area contributed by atoms with Crippen molar-refractivity contribution in [2.75, 3.05) is 0 Å². The molecule has 0 heterocycles. The van der Waals surface area contributed by atoms with Crippen LogP contribution in [0.15, 0.2) is 48.6 Å². The second kappa shape index (κ2) is 5.44. The number of hydrogen-bond donors (Lipinski definition) is 0. The lowest BCUT2D eigenvalue weighted by Crippen LogP contribution is -1.99. The summed E-state index contributed by atoms with van der Waals surface area (Å²) in [5, 5.41) is 2.65. The SMILES string of the molecule is CC.CC1(C)C=Cc2ccc3ccccc3c2C=C1. The minimum absolute atomic E-state index is 0.139. The van der Waals surface area contributed by atoms with Gasteiger partial charge in [0.2, 0.25) is 0 Å². The number of rotatable bonds is 0. The van der Waals surface area contributed by atoms with Gasteiger partial charge in [-0.1, -0.05) is 88.4 Å². The van der Waals surface area contributed by atoms with Crippen LogP contribution in [0.2, 0.25) is 0 Å². The van der Waals surface area contributed by atoms with Crippen LogP contribution in [0.1, 0.15) is 38.8 Å². The summed E-state index contributed by atoms with van der Waals surface area (Å²) in [4.78, 5) is 0. The van der Waals surface area contributed by atoms with Gasteiger partial charge >= 0.3 is 0 Å². The lowest BCUT2D eigenvalue weighted by Gasteiger charge is -2.12. The van der Waals surface area contributed by atoms with E-state index in [0.29, 0.717) is 0 Å². The Morgan fingerprint density at radius 3 is 2.26 bits per heavy atom. The van der Waals surface area contributed by atoms with Crippen LogP contribution in [0.4, 0.5) is 0 Å². The highest BCUT2D eigenvalue weighted by atomic mass is 14.2. The molecule has 2 aromatic carbocycles. The zero-order chi connectivity index (χ0) is 13.9. The summed E-state index contributed by atoms with van der Waals surface area (Å²) in [6, 6.07) is 13.0. The van der Waals surface area contributed by atoms with Gasteiger partial charge in [0.15, 0.2) is 0 Å². The maximum atomic E-state index is 2.28. The smallest absolute Gasteiger partial charge is 0.00111 e. The molecule has 0 aromatic heterocycles. The molecule has 2 aromatic rings. The molecular weight excluding hydrogens is 228 g/mol. The molecule has 0 radical (unpaired) electrons. The molecule has 0 saturated heterocycles. The third kappa shape index (κ3) is 2.78. The fourth-order valence-electron chi connectivity index (χ4n) is 2.30. The fourth-order valence-corrected chi connectivity index (χ4v) is 2.30. The van der Waals surface area contributed by atoms with Crippen molar-refractivity contribution >= 4 is 22.9 Å². The van der Waals surface area contributed by atoms with Crippen molar-refractivity contribution in [3.63, 3.8) is 0 Å².